The van der Waals surface area contributed by atoms with Crippen LogP contribution in [0.5, 0.6) is 0 Å². The molecule has 0 atom stereocenters. The first kappa shape index (κ1) is 15.6. The monoisotopic (exact) mass is 322 g/mol. The van der Waals surface area contributed by atoms with Crippen molar-refractivity contribution >= 4 is 11.3 Å². The van der Waals surface area contributed by atoms with Crippen LogP contribution in [-0.4, -0.2) is 66.4 Å². The number of nitrogens with zero attached hydrogens (tertiary/aromatic N) is 4. The lowest BCUT2D eigenvalue weighted by atomic mass is 10.3. The first-order chi connectivity index (χ1) is 10.8. The third-order valence-corrected chi connectivity index (χ3v) is 4.60. The van der Waals surface area contributed by atoms with Gasteiger partial charge in [-0.25, -0.2) is 0 Å². The van der Waals surface area contributed by atoms with Crippen LogP contribution in [0.15, 0.2) is 22.0 Å². The first-order valence-electron chi connectivity index (χ1n) is 7.66. The molecule has 0 bridgehead atoms. The molecule has 2 aromatic heterocycles. The van der Waals surface area contributed by atoms with E-state index in [4.69, 9.17) is 9.26 Å². The van der Waals surface area contributed by atoms with Crippen LogP contribution in [0.1, 0.15) is 12.3 Å². The lowest BCUT2D eigenvalue weighted by Crippen LogP contribution is -2.37. The van der Waals surface area contributed by atoms with Crippen molar-refractivity contribution in [3.05, 3.63) is 23.4 Å². The molecule has 0 saturated carbocycles. The molecule has 3 rings (SSSR count). The zero-order chi connectivity index (χ0) is 15.2. The minimum Gasteiger partial charge on any atom is -0.379 e. The average molecular weight is 322 g/mol. The van der Waals surface area contributed by atoms with Gasteiger partial charge in [-0.3, -0.25) is 9.80 Å². The molecule has 1 aliphatic rings. The Balaban J connectivity index is 1.40. The molecule has 0 radical (unpaired) electrons. The normalized spacial score (nSPS) is 16.5. The predicted octanol–water partition coefficient (Wildman–Crippen LogP) is 1.95. The molecule has 0 aliphatic carbocycles. The highest BCUT2D eigenvalue weighted by Crippen LogP contribution is 2.21. The van der Waals surface area contributed by atoms with Crippen molar-refractivity contribution in [3.8, 4) is 10.7 Å². The van der Waals surface area contributed by atoms with Crippen molar-refractivity contribution in [2.75, 3.05) is 46.4 Å². The summed E-state index contributed by atoms with van der Waals surface area (Å²) >= 11 is 1.62. The van der Waals surface area contributed by atoms with Gasteiger partial charge < -0.3 is 9.26 Å². The van der Waals surface area contributed by atoms with Gasteiger partial charge >= 0.3 is 0 Å². The molecule has 7 heteroatoms. The molecule has 0 aromatic carbocycles. The van der Waals surface area contributed by atoms with Gasteiger partial charge in [0.1, 0.15) is 0 Å². The zero-order valence-electron chi connectivity index (χ0n) is 12.9. The molecule has 1 saturated heterocycles. The Morgan fingerprint density at radius 1 is 1.36 bits per heavy atom. The number of morpholine rings is 1. The second-order valence-electron chi connectivity index (χ2n) is 5.53. The Morgan fingerprint density at radius 3 is 3.00 bits per heavy atom. The lowest BCUT2D eigenvalue weighted by molar-refractivity contribution is 0.0362. The molecular weight excluding hydrogens is 300 g/mol. The van der Waals surface area contributed by atoms with Crippen molar-refractivity contribution in [3.63, 3.8) is 0 Å². The molecular formula is C15H22N4O2S. The second kappa shape index (κ2) is 7.82. The van der Waals surface area contributed by atoms with Crippen LogP contribution in [0.2, 0.25) is 0 Å². The molecule has 3 heterocycles. The standard InChI is InChI=1S/C15H22N4O2S/c1-18(5-3-6-19-7-9-20-10-8-19)12-14-16-15(17-21-14)13-4-2-11-22-13/h2,4,11H,3,5-10,12H2,1H3. The van der Waals surface area contributed by atoms with Gasteiger partial charge in [0.05, 0.1) is 24.6 Å². The summed E-state index contributed by atoms with van der Waals surface area (Å²) in [5.41, 5.74) is 0. The largest absolute Gasteiger partial charge is 0.379 e. The summed E-state index contributed by atoms with van der Waals surface area (Å²) in [4.78, 5) is 10.2. The Kier molecular flexibility index (Phi) is 5.55. The molecule has 0 N–H and O–H groups in total. The van der Waals surface area contributed by atoms with Crippen LogP contribution in [-0.2, 0) is 11.3 Å². The smallest absolute Gasteiger partial charge is 0.241 e. The number of aromatic nitrogens is 2. The summed E-state index contributed by atoms with van der Waals surface area (Å²) in [5.74, 6) is 1.36. The SMILES string of the molecule is CN(CCCN1CCOCC1)Cc1nc(-c2cccs2)no1. The summed E-state index contributed by atoms with van der Waals surface area (Å²) in [7, 11) is 2.09. The lowest BCUT2D eigenvalue weighted by Gasteiger charge is -2.27. The number of rotatable bonds is 7. The number of thiophene rings is 1. The maximum atomic E-state index is 5.36. The number of hydrogen-bond donors (Lipinski definition) is 0. The summed E-state index contributed by atoms with van der Waals surface area (Å²) in [5, 5.41) is 6.06. The highest BCUT2D eigenvalue weighted by molar-refractivity contribution is 7.13. The van der Waals surface area contributed by atoms with Crippen molar-refractivity contribution in [1.82, 2.24) is 19.9 Å². The van der Waals surface area contributed by atoms with E-state index >= 15 is 0 Å². The maximum absolute atomic E-state index is 5.36. The predicted molar refractivity (Wildman–Crippen MR) is 85.8 cm³/mol. The van der Waals surface area contributed by atoms with Gasteiger partial charge in [-0.2, -0.15) is 4.98 Å². The highest BCUT2D eigenvalue weighted by Gasteiger charge is 2.13. The van der Waals surface area contributed by atoms with E-state index in [1.807, 2.05) is 17.5 Å². The molecule has 1 aliphatic heterocycles. The van der Waals surface area contributed by atoms with E-state index in [1.54, 1.807) is 11.3 Å². The van der Waals surface area contributed by atoms with Gasteiger partial charge in [0, 0.05) is 13.1 Å². The Morgan fingerprint density at radius 2 is 2.23 bits per heavy atom. The molecule has 0 unspecified atom stereocenters. The number of ether oxygens (including phenoxy) is 1. The van der Waals surface area contributed by atoms with E-state index in [-0.39, 0.29) is 0 Å². The van der Waals surface area contributed by atoms with Gasteiger partial charge in [-0.05, 0) is 38.0 Å². The van der Waals surface area contributed by atoms with Crippen molar-refractivity contribution < 1.29 is 9.26 Å². The molecule has 2 aromatic rings. The van der Waals surface area contributed by atoms with Crippen molar-refractivity contribution in [1.29, 1.82) is 0 Å². The maximum Gasteiger partial charge on any atom is 0.241 e. The summed E-state index contributed by atoms with van der Waals surface area (Å²) in [6, 6.07) is 4.00. The van der Waals surface area contributed by atoms with Crippen LogP contribution in [0.25, 0.3) is 10.7 Å². The quantitative estimate of drug-likeness (QED) is 0.777. The van der Waals surface area contributed by atoms with Gasteiger partial charge in [-0.1, -0.05) is 11.2 Å². The molecule has 0 amide bonds. The van der Waals surface area contributed by atoms with E-state index in [2.05, 4.69) is 27.0 Å². The van der Waals surface area contributed by atoms with Crippen LogP contribution >= 0.6 is 11.3 Å². The van der Waals surface area contributed by atoms with E-state index in [0.717, 1.165) is 50.7 Å². The second-order valence-corrected chi connectivity index (χ2v) is 6.48. The Bertz CT molecular complexity index is 552. The fourth-order valence-corrected chi connectivity index (χ4v) is 3.17. The third kappa shape index (κ3) is 4.36. The molecule has 6 nitrogen and oxygen atoms in total. The fourth-order valence-electron chi connectivity index (χ4n) is 2.52. The third-order valence-electron chi connectivity index (χ3n) is 3.73. The van der Waals surface area contributed by atoms with E-state index in [9.17, 15) is 0 Å². The van der Waals surface area contributed by atoms with Crippen molar-refractivity contribution in [2.45, 2.75) is 13.0 Å². The van der Waals surface area contributed by atoms with Crippen LogP contribution < -0.4 is 0 Å². The van der Waals surface area contributed by atoms with E-state index < -0.39 is 0 Å². The van der Waals surface area contributed by atoms with Crippen LogP contribution in [0, 0.1) is 0 Å². The minimum atomic E-state index is 0.678. The van der Waals surface area contributed by atoms with Crippen LogP contribution in [0.3, 0.4) is 0 Å². The van der Waals surface area contributed by atoms with E-state index in [1.165, 1.54) is 0 Å². The molecule has 1 fully saturated rings. The highest BCUT2D eigenvalue weighted by atomic mass is 32.1. The van der Waals surface area contributed by atoms with Gasteiger partial charge in [0.15, 0.2) is 0 Å². The summed E-state index contributed by atoms with van der Waals surface area (Å²) in [6.07, 6.45) is 1.14. The van der Waals surface area contributed by atoms with Gasteiger partial charge in [0.2, 0.25) is 11.7 Å². The molecule has 120 valence electrons. The van der Waals surface area contributed by atoms with Gasteiger partial charge in [0.25, 0.3) is 0 Å². The van der Waals surface area contributed by atoms with Gasteiger partial charge in [-0.15, -0.1) is 11.3 Å². The summed E-state index contributed by atoms with van der Waals surface area (Å²) < 4.78 is 10.7. The number of hydrogen-bond acceptors (Lipinski definition) is 7. The van der Waals surface area contributed by atoms with Crippen LogP contribution in [0.4, 0.5) is 0 Å². The Hall–Kier alpha value is -1.28. The minimum absolute atomic E-state index is 0.678. The van der Waals surface area contributed by atoms with E-state index in [0.29, 0.717) is 18.3 Å². The zero-order valence-corrected chi connectivity index (χ0v) is 13.7. The Labute approximate surface area is 134 Å². The molecule has 22 heavy (non-hydrogen) atoms. The fraction of sp³-hybridized carbons (Fsp3) is 0.600. The van der Waals surface area contributed by atoms with Crippen molar-refractivity contribution in [2.24, 2.45) is 0 Å². The topological polar surface area (TPSA) is 54.6 Å². The molecule has 0 spiro atoms. The summed E-state index contributed by atoms with van der Waals surface area (Å²) in [6.45, 7) is 6.68. The first-order valence-corrected chi connectivity index (χ1v) is 8.54. The average Bonchev–Trinajstić information content (AvgIpc) is 3.19.